The molecular formula is C15H24N2OS. The van der Waals surface area contributed by atoms with Crippen LogP contribution in [-0.4, -0.2) is 23.7 Å². The summed E-state index contributed by atoms with van der Waals surface area (Å²) < 4.78 is 0. The summed E-state index contributed by atoms with van der Waals surface area (Å²) in [5, 5.41) is 3.18. The number of amides is 1. The zero-order chi connectivity index (χ0) is 14.3. The zero-order valence-corrected chi connectivity index (χ0v) is 12.8. The first-order valence-electron chi connectivity index (χ1n) is 6.66. The molecule has 0 bridgehead atoms. The summed E-state index contributed by atoms with van der Waals surface area (Å²) >= 11 is 1.84. The molecule has 0 aliphatic heterocycles. The first-order chi connectivity index (χ1) is 8.98. The van der Waals surface area contributed by atoms with Gasteiger partial charge < -0.3 is 11.1 Å². The molecule has 19 heavy (non-hydrogen) atoms. The number of carbonyl (C=O) groups is 1. The van der Waals surface area contributed by atoms with Crippen LogP contribution >= 0.6 is 11.8 Å². The van der Waals surface area contributed by atoms with Crippen LogP contribution in [0.25, 0.3) is 0 Å². The monoisotopic (exact) mass is 280 g/mol. The fourth-order valence-corrected chi connectivity index (χ4v) is 3.07. The van der Waals surface area contributed by atoms with Gasteiger partial charge in [-0.1, -0.05) is 36.8 Å². The van der Waals surface area contributed by atoms with Gasteiger partial charge in [-0.2, -0.15) is 11.8 Å². The molecule has 1 aromatic carbocycles. The maximum atomic E-state index is 11.5. The molecule has 106 valence electrons. The van der Waals surface area contributed by atoms with Gasteiger partial charge in [-0.05, 0) is 38.1 Å². The van der Waals surface area contributed by atoms with Crippen molar-refractivity contribution in [1.82, 2.24) is 5.32 Å². The van der Waals surface area contributed by atoms with Crippen LogP contribution in [0.3, 0.4) is 0 Å². The molecule has 0 saturated carbocycles. The molecule has 0 saturated heterocycles. The Labute approximate surface area is 120 Å². The summed E-state index contributed by atoms with van der Waals surface area (Å²) in [6, 6.07) is 8.52. The van der Waals surface area contributed by atoms with Crippen molar-refractivity contribution in [1.29, 1.82) is 0 Å². The summed E-state index contributed by atoms with van der Waals surface area (Å²) in [6.45, 7) is 6.72. The van der Waals surface area contributed by atoms with Crippen molar-refractivity contribution in [3.05, 3.63) is 35.4 Å². The van der Waals surface area contributed by atoms with Gasteiger partial charge in [-0.15, -0.1) is 0 Å². The van der Waals surface area contributed by atoms with Gasteiger partial charge in [0, 0.05) is 5.75 Å². The van der Waals surface area contributed by atoms with Crippen molar-refractivity contribution < 1.29 is 4.79 Å². The van der Waals surface area contributed by atoms with Crippen LogP contribution < -0.4 is 11.1 Å². The number of nitrogens with one attached hydrogen (secondary N) is 1. The molecule has 1 amide bonds. The Morgan fingerprint density at radius 3 is 2.79 bits per heavy atom. The maximum Gasteiger partial charge on any atom is 0.237 e. The smallest absolute Gasteiger partial charge is 0.237 e. The Morgan fingerprint density at radius 2 is 2.21 bits per heavy atom. The van der Waals surface area contributed by atoms with Crippen molar-refractivity contribution in [2.75, 3.05) is 12.3 Å². The van der Waals surface area contributed by atoms with Gasteiger partial charge in [-0.3, -0.25) is 4.79 Å². The van der Waals surface area contributed by atoms with Crippen LogP contribution in [0, 0.1) is 6.92 Å². The van der Waals surface area contributed by atoms with Crippen LogP contribution in [0.15, 0.2) is 24.3 Å². The van der Waals surface area contributed by atoms with Gasteiger partial charge in [0.1, 0.15) is 0 Å². The normalized spacial score (nSPS) is 14.1. The summed E-state index contributed by atoms with van der Waals surface area (Å²) in [4.78, 5) is 11.5. The standard InChI is InChI=1S/C15H24N2OS/c1-4-17-15(3,14(16)18)8-9-19-11-13-7-5-6-12(2)10-13/h5-7,10,17H,4,8-9,11H2,1-3H3,(H2,16,18). The second-order valence-corrected chi connectivity index (χ2v) is 6.12. The fraction of sp³-hybridized carbons (Fsp3) is 0.533. The highest BCUT2D eigenvalue weighted by atomic mass is 32.2. The largest absolute Gasteiger partial charge is 0.368 e. The minimum atomic E-state index is -0.589. The first-order valence-corrected chi connectivity index (χ1v) is 7.81. The van der Waals surface area contributed by atoms with E-state index in [1.807, 2.05) is 25.6 Å². The lowest BCUT2D eigenvalue weighted by Crippen LogP contribution is -2.53. The number of likely N-dealkylation sites (N-methyl/N-ethyl adjacent to an activating group) is 1. The van der Waals surface area contributed by atoms with Crippen molar-refractivity contribution >= 4 is 17.7 Å². The van der Waals surface area contributed by atoms with E-state index in [1.165, 1.54) is 11.1 Å². The number of hydrogen-bond donors (Lipinski definition) is 2. The van der Waals surface area contributed by atoms with E-state index >= 15 is 0 Å². The average Bonchev–Trinajstić information content (AvgIpc) is 2.35. The summed E-state index contributed by atoms with van der Waals surface area (Å²) in [5.74, 6) is 1.62. The minimum Gasteiger partial charge on any atom is -0.368 e. The highest BCUT2D eigenvalue weighted by Crippen LogP contribution is 2.18. The zero-order valence-electron chi connectivity index (χ0n) is 12.0. The highest BCUT2D eigenvalue weighted by molar-refractivity contribution is 7.98. The summed E-state index contributed by atoms with van der Waals surface area (Å²) in [7, 11) is 0. The molecule has 0 heterocycles. The number of aryl methyl sites for hydroxylation is 1. The number of benzene rings is 1. The Hall–Kier alpha value is -1.00. The van der Waals surface area contributed by atoms with Crippen LogP contribution in [0.2, 0.25) is 0 Å². The third kappa shape index (κ3) is 5.25. The SMILES string of the molecule is CCNC(C)(CCSCc1cccc(C)c1)C(N)=O. The Kier molecular flexibility index (Phi) is 6.38. The maximum absolute atomic E-state index is 11.5. The van der Waals surface area contributed by atoms with Crippen molar-refractivity contribution in [2.45, 2.75) is 38.5 Å². The predicted molar refractivity (Wildman–Crippen MR) is 83.2 cm³/mol. The van der Waals surface area contributed by atoms with Gasteiger partial charge in [0.2, 0.25) is 5.91 Å². The van der Waals surface area contributed by atoms with Crippen molar-refractivity contribution in [3.8, 4) is 0 Å². The summed E-state index contributed by atoms with van der Waals surface area (Å²) in [6.07, 6.45) is 0.757. The molecule has 1 atom stereocenters. The third-order valence-corrected chi connectivity index (χ3v) is 4.24. The van der Waals surface area contributed by atoms with Crippen LogP contribution in [0.4, 0.5) is 0 Å². The van der Waals surface area contributed by atoms with E-state index in [0.29, 0.717) is 0 Å². The van der Waals surface area contributed by atoms with Gasteiger partial charge >= 0.3 is 0 Å². The molecule has 0 aromatic heterocycles. The second kappa shape index (κ2) is 7.56. The van der Waals surface area contributed by atoms with E-state index in [1.54, 1.807) is 0 Å². The molecular weight excluding hydrogens is 256 g/mol. The van der Waals surface area contributed by atoms with E-state index in [4.69, 9.17) is 5.73 Å². The molecule has 0 spiro atoms. The Balaban J connectivity index is 2.39. The Bertz CT molecular complexity index is 422. The van der Waals surface area contributed by atoms with Crippen LogP contribution in [0.5, 0.6) is 0 Å². The lowest BCUT2D eigenvalue weighted by molar-refractivity contribution is -0.123. The van der Waals surface area contributed by atoms with E-state index in [9.17, 15) is 4.79 Å². The topological polar surface area (TPSA) is 55.1 Å². The molecule has 0 aliphatic carbocycles. The molecule has 0 fully saturated rings. The second-order valence-electron chi connectivity index (χ2n) is 5.02. The van der Waals surface area contributed by atoms with Crippen LogP contribution in [0.1, 0.15) is 31.4 Å². The molecule has 1 rings (SSSR count). The van der Waals surface area contributed by atoms with E-state index in [0.717, 1.165) is 24.5 Å². The molecule has 3 nitrogen and oxygen atoms in total. The predicted octanol–water partition coefficient (Wildman–Crippen LogP) is 2.47. The van der Waals surface area contributed by atoms with Crippen molar-refractivity contribution in [3.63, 3.8) is 0 Å². The van der Waals surface area contributed by atoms with E-state index in [-0.39, 0.29) is 5.91 Å². The van der Waals surface area contributed by atoms with Gasteiger partial charge in [0.15, 0.2) is 0 Å². The van der Waals surface area contributed by atoms with E-state index < -0.39 is 5.54 Å². The van der Waals surface area contributed by atoms with E-state index in [2.05, 4.69) is 36.5 Å². The Morgan fingerprint density at radius 1 is 1.47 bits per heavy atom. The lowest BCUT2D eigenvalue weighted by Gasteiger charge is -2.26. The number of primary amides is 1. The first kappa shape index (κ1) is 16.1. The third-order valence-electron chi connectivity index (χ3n) is 3.21. The average molecular weight is 280 g/mol. The fourth-order valence-electron chi connectivity index (χ4n) is 1.96. The molecule has 4 heteroatoms. The van der Waals surface area contributed by atoms with Crippen LogP contribution in [-0.2, 0) is 10.5 Å². The molecule has 0 radical (unpaired) electrons. The molecule has 3 N–H and O–H groups in total. The lowest BCUT2D eigenvalue weighted by atomic mass is 9.98. The molecule has 1 unspecified atom stereocenters. The van der Waals surface area contributed by atoms with Crippen molar-refractivity contribution in [2.24, 2.45) is 5.73 Å². The minimum absolute atomic E-state index is 0.273. The van der Waals surface area contributed by atoms with Gasteiger partial charge in [-0.25, -0.2) is 0 Å². The number of thioether (sulfide) groups is 1. The molecule has 0 aliphatic rings. The summed E-state index contributed by atoms with van der Waals surface area (Å²) in [5.41, 5.74) is 7.48. The van der Waals surface area contributed by atoms with Gasteiger partial charge in [0.25, 0.3) is 0 Å². The number of hydrogen-bond acceptors (Lipinski definition) is 3. The number of nitrogens with two attached hydrogens (primary N) is 1. The number of rotatable bonds is 8. The molecule has 1 aromatic rings. The highest BCUT2D eigenvalue weighted by Gasteiger charge is 2.28. The van der Waals surface area contributed by atoms with Gasteiger partial charge in [0.05, 0.1) is 5.54 Å². The number of carbonyl (C=O) groups excluding carboxylic acids is 1. The quantitative estimate of drug-likeness (QED) is 0.719.